The average molecular weight is 998 g/mol. The van der Waals surface area contributed by atoms with E-state index in [2.05, 4.69) is 256 Å². The molecule has 1 aromatic heterocycles. The van der Waals surface area contributed by atoms with Gasteiger partial charge >= 0.3 is 0 Å². The second kappa shape index (κ2) is 16.5. The minimum atomic E-state index is -0.148. The van der Waals surface area contributed by atoms with Crippen molar-refractivity contribution in [1.82, 2.24) is 0 Å². The van der Waals surface area contributed by atoms with Crippen LogP contribution in [0.4, 0.5) is 51.2 Å². The summed E-state index contributed by atoms with van der Waals surface area (Å²) in [6.07, 6.45) is 4.68. The van der Waals surface area contributed by atoms with Gasteiger partial charge in [-0.15, -0.1) is 11.3 Å². The van der Waals surface area contributed by atoms with Gasteiger partial charge in [-0.2, -0.15) is 0 Å². The van der Waals surface area contributed by atoms with Crippen LogP contribution in [-0.2, 0) is 27.1 Å². The summed E-state index contributed by atoms with van der Waals surface area (Å²) in [6.45, 7) is 31.5. The van der Waals surface area contributed by atoms with E-state index in [4.69, 9.17) is 0 Å². The lowest BCUT2D eigenvalue weighted by atomic mass is 9.33. The first-order chi connectivity index (χ1) is 35.6. The average Bonchev–Trinajstić information content (AvgIpc) is 3.76. The van der Waals surface area contributed by atoms with Crippen molar-refractivity contribution in [3.05, 3.63) is 191 Å². The largest absolute Gasteiger partial charge is 0.311 e. The van der Waals surface area contributed by atoms with Gasteiger partial charge in [0.05, 0.1) is 0 Å². The van der Waals surface area contributed by atoms with E-state index in [1.807, 2.05) is 11.3 Å². The van der Waals surface area contributed by atoms with Gasteiger partial charge in [0.15, 0.2) is 0 Å². The molecule has 8 aromatic carbocycles. The molecule has 0 saturated carbocycles. The molecule has 3 heterocycles. The first-order valence-corrected chi connectivity index (χ1v) is 28.5. The maximum Gasteiger partial charge on any atom is 0.252 e. The van der Waals surface area contributed by atoms with Gasteiger partial charge in [0.25, 0.3) is 6.71 Å². The molecule has 75 heavy (non-hydrogen) atoms. The molecule has 3 nitrogen and oxygen atoms in total. The van der Waals surface area contributed by atoms with Crippen molar-refractivity contribution in [2.24, 2.45) is 0 Å². The highest BCUT2D eigenvalue weighted by Gasteiger charge is 2.48. The minimum absolute atomic E-state index is 0.0224. The van der Waals surface area contributed by atoms with Crippen molar-refractivity contribution in [3.8, 4) is 0 Å². The Balaban J connectivity index is 1.16. The molecule has 0 bridgehead atoms. The molecule has 13 rings (SSSR count). The molecular weight excluding hydrogens is 926 g/mol. The van der Waals surface area contributed by atoms with Gasteiger partial charge in [-0.25, -0.2) is 0 Å². The first-order valence-electron chi connectivity index (χ1n) is 27.7. The highest BCUT2D eigenvalue weighted by atomic mass is 32.1. The molecular formula is C70H72BN3S. The molecule has 0 N–H and O–H groups in total. The van der Waals surface area contributed by atoms with Crippen LogP contribution in [-0.4, -0.2) is 6.71 Å². The zero-order chi connectivity index (χ0) is 52.3. The molecule has 0 spiro atoms. The predicted molar refractivity (Wildman–Crippen MR) is 327 cm³/mol. The summed E-state index contributed by atoms with van der Waals surface area (Å²) in [4.78, 5) is 7.89. The predicted octanol–water partition coefficient (Wildman–Crippen LogP) is 18.2. The van der Waals surface area contributed by atoms with E-state index < -0.39 is 0 Å². The molecule has 376 valence electrons. The zero-order valence-electron chi connectivity index (χ0n) is 46.6. The van der Waals surface area contributed by atoms with Crippen LogP contribution in [0, 0.1) is 13.8 Å². The second-order valence-electron chi connectivity index (χ2n) is 26.4. The zero-order valence-corrected chi connectivity index (χ0v) is 47.4. The maximum absolute atomic E-state index is 2.72. The van der Waals surface area contributed by atoms with Crippen LogP contribution in [0.25, 0.3) is 20.2 Å². The van der Waals surface area contributed by atoms with Gasteiger partial charge in [-0.3, -0.25) is 0 Å². The van der Waals surface area contributed by atoms with Gasteiger partial charge in [-0.05, 0) is 201 Å². The van der Waals surface area contributed by atoms with Crippen molar-refractivity contribution in [2.75, 3.05) is 14.7 Å². The molecule has 4 aliphatic rings. The van der Waals surface area contributed by atoms with Gasteiger partial charge < -0.3 is 14.7 Å². The summed E-state index contributed by atoms with van der Waals surface area (Å²) in [5.41, 5.74) is 25.0. The summed E-state index contributed by atoms with van der Waals surface area (Å²) in [6, 6.07) is 59.5. The van der Waals surface area contributed by atoms with Gasteiger partial charge in [0.2, 0.25) is 0 Å². The molecule has 0 saturated heterocycles. The summed E-state index contributed by atoms with van der Waals surface area (Å²) in [7, 11) is 0. The van der Waals surface area contributed by atoms with Crippen molar-refractivity contribution in [3.63, 3.8) is 0 Å². The Morgan fingerprint density at radius 1 is 0.453 bits per heavy atom. The van der Waals surface area contributed by atoms with Gasteiger partial charge in [0, 0.05) is 71.4 Å². The monoisotopic (exact) mass is 998 g/mol. The first kappa shape index (κ1) is 48.1. The fourth-order valence-electron chi connectivity index (χ4n) is 13.8. The van der Waals surface area contributed by atoms with Crippen LogP contribution in [0.5, 0.6) is 0 Å². The van der Waals surface area contributed by atoms with E-state index in [1.165, 1.54) is 134 Å². The third-order valence-electron chi connectivity index (χ3n) is 18.6. The number of aryl methyl sites for hydroxylation is 2. The topological polar surface area (TPSA) is 9.72 Å². The molecule has 2 aliphatic heterocycles. The lowest BCUT2D eigenvalue weighted by Crippen LogP contribution is -2.62. The lowest BCUT2D eigenvalue weighted by molar-refractivity contribution is 0.332. The third-order valence-corrected chi connectivity index (χ3v) is 19.7. The fourth-order valence-corrected chi connectivity index (χ4v) is 14.9. The molecule has 0 radical (unpaired) electrons. The normalized spacial score (nSPS) is 17.5. The number of hydrogen-bond acceptors (Lipinski definition) is 4. The van der Waals surface area contributed by atoms with E-state index in [1.54, 1.807) is 0 Å². The molecule has 0 amide bonds. The Morgan fingerprint density at radius 2 is 0.960 bits per heavy atom. The van der Waals surface area contributed by atoms with Crippen LogP contribution in [0.15, 0.2) is 152 Å². The number of anilines is 9. The van der Waals surface area contributed by atoms with Crippen LogP contribution in [0.3, 0.4) is 0 Å². The molecule has 9 aromatic rings. The number of benzene rings is 8. The van der Waals surface area contributed by atoms with Gasteiger partial charge in [0.1, 0.15) is 0 Å². The number of fused-ring (bicyclic) bond motifs is 9. The quantitative estimate of drug-likeness (QED) is 0.159. The van der Waals surface area contributed by atoms with Crippen molar-refractivity contribution < 1.29 is 0 Å². The second-order valence-corrected chi connectivity index (χ2v) is 27.5. The van der Waals surface area contributed by atoms with Crippen LogP contribution in [0.2, 0.25) is 0 Å². The smallest absolute Gasteiger partial charge is 0.252 e. The maximum atomic E-state index is 2.72. The molecule has 0 unspecified atom stereocenters. The van der Waals surface area contributed by atoms with E-state index in [9.17, 15) is 0 Å². The van der Waals surface area contributed by atoms with Crippen molar-refractivity contribution >= 4 is 106 Å². The summed E-state index contributed by atoms with van der Waals surface area (Å²) in [5, 5.41) is 2.62. The molecule has 0 atom stereocenters. The Labute approximate surface area is 451 Å². The van der Waals surface area contributed by atoms with E-state index in [-0.39, 0.29) is 33.8 Å². The highest BCUT2D eigenvalue weighted by molar-refractivity contribution is 7.25. The number of thiophene rings is 1. The van der Waals surface area contributed by atoms with Crippen molar-refractivity contribution in [1.29, 1.82) is 0 Å². The number of nitrogens with zero attached hydrogens (tertiary/aromatic N) is 3. The summed E-state index contributed by atoms with van der Waals surface area (Å²) < 4.78 is 2.64. The fraction of sp³-hybridized carbons (Fsp3) is 0.314. The molecule has 5 heteroatoms. The molecule has 2 aliphatic carbocycles. The number of para-hydroxylation sites is 2. The number of hydrogen-bond donors (Lipinski definition) is 0. The summed E-state index contributed by atoms with van der Waals surface area (Å²) >= 11 is 1.89. The Hall–Kier alpha value is -6.56. The minimum Gasteiger partial charge on any atom is -0.311 e. The summed E-state index contributed by atoms with van der Waals surface area (Å²) in [5.74, 6) is 0. The SMILES string of the molecule is Cc1ccccc1N(c1ccc2c(c1)N(c1ccc3sc4ccccc4c3c1)c1cc(C(C)(C)C)cc3c1B2c1cc2c(cc1N3c1ccc3c(c1)C(C)(C)CCC3(C)C)C(C)(C)CCC2(C)C)c1ccccc1C. The Kier molecular flexibility index (Phi) is 10.6. The Morgan fingerprint density at radius 3 is 1.57 bits per heavy atom. The van der Waals surface area contributed by atoms with Crippen LogP contribution >= 0.6 is 11.3 Å². The van der Waals surface area contributed by atoms with E-state index >= 15 is 0 Å². The Bertz CT molecular complexity index is 3800. The van der Waals surface area contributed by atoms with Crippen molar-refractivity contribution in [2.45, 2.75) is 143 Å². The number of rotatable bonds is 5. The van der Waals surface area contributed by atoms with Gasteiger partial charge in [-0.1, -0.05) is 149 Å². The standard InChI is InChI=1S/C70H72BN3S/c1-43-20-14-17-23-57(43)72(58-24-18-15-21-44(58)2)48-27-30-55-59(40-48)73(46-28-31-64-50(38-46)49-22-16-19-25-63(49)75-64)61-36-45(66(3,4)5)37-62-65(61)71(55)56-41-53-54(70(12,13)35-34-69(53,10)11)42-60(56)74(62)47-26-29-51-52(39-47)68(8,9)33-32-67(51,6)7/h14-31,36-42H,32-35H2,1-13H3. The van der Waals surface area contributed by atoms with Crippen LogP contribution in [0.1, 0.15) is 141 Å². The van der Waals surface area contributed by atoms with E-state index in [0.717, 1.165) is 18.5 Å². The molecule has 0 fully saturated rings. The highest BCUT2D eigenvalue weighted by Crippen LogP contribution is 2.54. The van der Waals surface area contributed by atoms with E-state index in [0.29, 0.717) is 0 Å². The third kappa shape index (κ3) is 7.41. The lowest BCUT2D eigenvalue weighted by Gasteiger charge is -2.48. The van der Waals surface area contributed by atoms with Crippen LogP contribution < -0.4 is 31.1 Å².